The molecule has 1 N–H and O–H groups in total. The molecule has 20 heavy (non-hydrogen) atoms. The second-order valence-electron chi connectivity index (χ2n) is 4.89. The van der Waals surface area contributed by atoms with Crippen molar-refractivity contribution in [3.63, 3.8) is 0 Å². The number of fused-ring (bicyclic) bond motifs is 1. The minimum absolute atomic E-state index is 0.0282. The first-order valence-electron chi connectivity index (χ1n) is 6.45. The van der Waals surface area contributed by atoms with E-state index in [1.54, 1.807) is 6.07 Å². The molecule has 2 aromatic rings. The molecule has 0 atom stereocenters. The van der Waals surface area contributed by atoms with E-state index in [4.69, 9.17) is 5.26 Å². The van der Waals surface area contributed by atoms with E-state index in [1.807, 2.05) is 18.2 Å². The van der Waals surface area contributed by atoms with Crippen LogP contribution in [-0.4, -0.2) is 0 Å². The molecule has 0 bridgehead atoms. The predicted molar refractivity (Wildman–Crippen MR) is 72.8 cm³/mol. The van der Waals surface area contributed by atoms with E-state index in [0.29, 0.717) is 5.69 Å². The second-order valence-corrected chi connectivity index (χ2v) is 4.89. The number of aryl methyl sites for hydroxylation is 2. The highest BCUT2D eigenvalue weighted by Gasteiger charge is 2.14. The van der Waals surface area contributed by atoms with Crippen LogP contribution in [0.1, 0.15) is 23.1 Å². The summed E-state index contributed by atoms with van der Waals surface area (Å²) in [5.41, 5.74) is 2.94. The maximum absolute atomic E-state index is 13.8. The van der Waals surface area contributed by atoms with E-state index >= 15 is 0 Å². The topological polar surface area (TPSA) is 35.8 Å². The number of hydrogen-bond acceptors (Lipinski definition) is 2. The van der Waals surface area contributed by atoms with Gasteiger partial charge in [-0.3, -0.25) is 0 Å². The van der Waals surface area contributed by atoms with Crippen LogP contribution in [0.25, 0.3) is 0 Å². The molecule has 0 saturated carbocycles. The Kier molecular flexibility index (Phi) is 3.11. The van der Waals surface area contributed by atoms with Gasteiger partial charge in [-0.1, -0.05) is 6.07 Å². The van der Waals surface area contributed by atoms with Crippen molar-refractivity contribution >= 4 is 11.4 Å². The first kappa shape index (κ1) is 12.6. The highest BCUT2D eigenvalue weighted by atomic mass is 19.1. The smallest absolute Gasteiger partial charge is 0.150 e. The zero-order valence-electron chi connectivity index (χ0n) is 10.7. The van der Waals surface area contributed by atoms with Gasteiger partial charge in [0.2, 0.25) is 0 Å². The summed E-state index contributed by atoms with van der Waals surface area (Å²) in [6, 6.07) is 9.52. The zero-order valence-corrected chi connectivity index (χ0v) is 10.7. The summed E-state index contributed by atoms with van der Waals surface area (Å²) in [5, 5.41) is 11.4. The average molecular weight is 270 g/mol. The summed E-state index contributed by atoms with van der Waals surface area (Å²) in [7, 11) is 0. The van der Waals surface area contributed by atoms with Gasteiger partial charge in [0.1, 0.15) is 5.69 Å². The molecule has 0 spiro atoms. The Balaban J connectivity index is 1.94. The van der Waals surface area contributed by atoms with E-state index in [-0.39, 0.29) is 11.3 Å². The van der Waals surface area contributed by atoms with Gasteiger partial charge in [-0.15, -0.1) is 0 Å². The molecule has 0 amide bonds. The molecule has 3 rings (SSSR count). The van der Waals surface area contributed by atoms with Gasteiger partial charge in [0.15, 0.2) is 11.6 Å². The van der Waals surface area contributed by atoms with Gasteiger partial charge in [-0.25, -0.2) is 8.78 Å². The summed E-state index contributed by atoms with van der Waals surface area (Å²) in [6.07, 6.45) is 3.19. The predicted octanol–water partition coefficient (Wildman–Crippen LogP) is 4.07. The van der Waals surface area contributed by atoms with Gasteiger partial charge < -0.3 is 5.32 Å². The average Bonchev–Trinajstić information content (AvgIpc) is 2.90. The number of rotatable bonds is 2. The van der Waals surface area contributed by atoms with Crippen LogP contribution >= 0.6 is 0 Å². The molecule has 0 saturated heterocycles. The number of nitrogens with one attached hydrogen (secondary N) is 1. The maximum Gasteiger partial charge on any atom is 0.150 e. The highest BCUT2D eigenvalue weighted by molar-refractivity contribution is 5.63. The summed E-state index contributed by atoms with van der Waals surface area (Å²) in [4.78, 5) is 0. The van der Waals surface area contributed by atoms with Gasteiger partial charge in [0.25, 0.3) is 0 Å². The van der Waals surface area contributed by atoms with Crippen LogP contribution in [0.15, 0.2) is 30.3 Å². The minimum Gasteiger partial charge on any atom is -0.351 e. The van der Waals surface area contributed by atoms with Crippen molar-refractivity contribution in [2.24, 2.45) is 0 Å². The van der Waals surface area contributed by atoms with Crippen molar-refractivity contribution in [2.45, 2.75) is 19.3 Å². The van der Waals surface area contributed by atoms with Crippen LogP contribution in [-0.2, 0) is 12.8 Å². The third kappa shape index (κ3) is 2.23. The number of anilines is 2. The SMILES string of the molecule is N#Cc1cc(F)c(Nc2ccc3c(c2)CCC3)c(F)c1. The number of hydrogen-bond donors (Lipinski definition) is 1. The fourth-order valence-electron chi connectivity index (χ4n) is 2.55. The quantitative estimate of drug-likeness (QED) is 0.893. The maximum atomic E-state index is 13.8. The molecule has 0 fully saturated rings. The van der Waals surface area contributed by atoms with Gasteiger partial charge in [0.05, 0.1) is 11.6 Å². The molecule has 0 heterocycles. The van der Waals surface area contributed by atoms with Crippen LogP contribution in [0.4, 0.5) is 20.2 Å². The minimum atomic E-state index is -0.762. The van der Waals surface area contributed by atoms with Gasteiger partial charge in [-0.05, 0) is 54.7 Å². The number of nitrogens with zero attached hydrogens (tertiary/aromatic N) is 1. The van der Waals surface area contributed by atoms with Crippen LogP contribution in [0.5, 0.6) is 0 Å². The molecular weight excluding hydrogens is 258 g/mol. The van der Waals surface area contributed by atoms with Crippen LogP contribution < -0.4 is 5.32 Å². The summed E-state index contributed by atoms with van der Waals surface area (Å²) >= 11 is 0. The monoisotopic (exact) mass is 270 g/mol. The molecule has 0 radical (unpaired) electrons. The Labute approximate surface area is 115 Å². The lowest BCUT2D eigenvalue weighted by Crippen LogP contribution is -1.99. The Hall–Kier alpha value is -2.41. The van der Waals surface area contributed by atoms with Gasteiger partial charge in [0, 0.05) is 5.69 Å². The normalized spacial score (nSPS) is 12.8. The van der Waals surface area contributed by atoms with E-state index in [1.165, 1.54) is 11.1 Å². The molecule has 4 heteroatoms. The number of benzene rings is 2. The molecular formula is C16H12F2N2. The molecule has 0 aliphatic heterocycles. The highest BCUT2D eigenvalue weighted by Crippen LogP contribution is 2.29. The Morgan fingerprint density at radius 3 is 2.40 bits per heavy atom. The number of halogens is 2. The summed E-state index contributed by atoms with van der Waals surface area (Å²) in [5.74, 6) is -1.52. The lowest BCUT2D eigenvalue weighted by Gasteiger charge is -2.10. The van der Waals surface area contributed by atoms with Crippen molar-refractivity contribution in [1.82, 2.24) is 0 Å². The second kappa shape index (κ2) is 4.93. The first-order valence-corrected chi connectivity index (χ1v) is 6.45. The van der Waals surface area contributed by atoms with E-state index in [2.05, 4.69) is 5.32 Å². The van der Waals surface area contributed by atoms with Crippen molar-refractivity contribution in [2.75, 3.05) is 5.32 Å². The Morgan fingerprint density at radius 2 is 1.70 bits per heavy atom. The molecule has 2 nitrogen and oxygen atoms in total. The third-order valence-corrected chi connectivity index (χ3v) is 3.54. The largest absolute Gasteiger partial charge is 0.351 e. The molecule has 2 aromatic carbocycles. The fourth-order valence-corrected chi connectivity index (χ4v) is 2.55. The molecule has 0 unspecified atom stereocenters. The zero-order chi connectivity index (χ0) is 14.1. The number of nitriles is 1. The molecule has 1 aliphatic carbocycles. The van der Waals surface area contributed by atoms with Crippen molar-refractivity contribution < 1.29 is 8.78 Å². The lowest BCUT2D eigenvalue weighted by molar-refractivity contribution is 0.590. The van der Waals surface area contributed by atoms with Gasteiger partial charge >= 0.3 is 0 Å². The Morgan fingerprint density at radius 1 is 1.00 bits per heavy atom. The standard InChI is InChI=1S/C16H12F2N2/c17-14-6-10(9-19)7-15(18)16(14)20-13-5-4-11-2-1-3-12(11)8-13/h4-8,20H,1-3H2. The molecule has 1 aliphatic rings. The van der Waals surface area contributed by atoms with Crippen molar-refractivity contribution in [3.05, 3.63) is 58.7 Å². The lowest BCUT2D eigenvalue weighted by atomic mass is 10.1. The molecule has 100 valence electrons. The van der Waals surface area contributed by atoms with E-state index in [0.717, 1.165) is 31.4 Å². The third-order valence-electron chi connectivity index (χ3n) is 3.54. The first-order chi connectivity index (χ1) is 9.67. The summed E-state index contributed by atoms with van der Waals surface area (Å²) in [6.45, 7) is 0. The fraction of sp³-hybridized carbons (Fsp3) is 0.188. The van der Waals surface area contributed by atoms with Gasteiger partial charge in [-0.2, -0.15) is 5.26 Å². The van der Waals surface area contributed by atoms with Crippen LogP contribution in [0, 0.1) is 23.0 Å². The molecule has 0 aromatic heterocycles. The van der Waals surface area contributed by atoms with E-state index in [9.17, 15) is 8.78 Å². The van der Waals surface area contributed by atoms with E-state index < -0.39 is 11.6 Å². The van der Waals surface area contributed by atoms with Crippen molar-refractivity contribution in [3.8, 4) is 6.07 Å². The van der Waals surface area contributed by atoms with Crippen LogP contribution in [0.3, 0.4) is 0 Å². The summed E-state index contributed by atoms with van der Waals surface area (Å²) < 4.78 is 27.6. The Bertz CT molecular complexity index is 694. The van der Waals surface area contributed by atoms with Crippen LogP contribution in [0.2, 0.25) is 0 Å². The van der Waals surface area contributed by atoms with Crippen molar-refractivity contribution in [1.29, 1.82) is 5.26 Å².